The van der Waals surface area contributed by atoms with Crippen LogP contribution in [0.25, 0.3) is 0 Å². The maximum Gasteiger partial charge on any atom is 0.0741 e. The van der Waals surface area contributed by atoms with Crippen LogP contribution >= 0.6 is 0 Å². The molecule has 1 aliphatic rings. The molecule has 1 heterocycles. The van der Waals surface area contributed by atoms with Crippen molar-refractivity contribution in [1.82, 2.24) is 10.6 Å². The number of hydrogen-bond acceptors (Lipinski definition) is 3. The fourth-order valence-corrected chi connectivity index (χ4v) is 1.32. The van der Waals surface area contributed by atoms with Crippen molar-refractivity contribution in [3.8, 4) is 0 Å². The minimum Gasteiger partial charge on any atom is -0.389 e. The van der Waals surface area contributed by atoms with Crippen molar-refractivity contribution in [3.63, 3.8) is 0 Å². The van der Waals surface area contributed by atoms with Gasteiger partial charge in [-0.1, -0.05) is 6.92 Å². The smallest absolute Gasteiger partial charge is 0.0741 e. The Morgan fingerprint density at radius 1 is 1.67 bits per heavy atom. The number of nitrogens with one attached hydrogen (secondary N) is 2. The normalized spacial score (nSPS) is 28.8. The fourth-order valence-electron chi connectivity index (χ4n) is 1.32. The van der Waals surface area contributed by atoms with Crippen LogP contribution in [-0.2, 0) is 0 Å². The summed E-state index contributed by atoms with van der Waals surface area (Å²) in [5.74, 6) is 0. The monoisotopic (exact) mass is 172 g/mol. The maximum atomic E-state index is 9.70. The molecule has 12 heavy (non-hydrogen) atoms. The van der Waals surface area contributed by atoms with Crippen LogP contribution in [0.4, 0.5) is 0 Å². The highest BCUT2D eigenvalue weighted by atomic mass is 16.3. The first-order valence-corrected chi connectivity index (χ1v) is 4.80. The summed E-state index contributed by atoms with van der Waals surface area (Å²) >= 11 is 0. The van der Waals surface area contributed by atoms with Gasteiger partial charge in [0.2, 0.25) is 0 Å². The molecule has 1 aliphatic heterocycles. The predicted octanol–water partition coefficient (Wildman–Crippen LogP) is 0.0989. The van der Waals surface area contributed by atoms with Gasteiger partial charge in [0.05, 0.1) is 5.60 Å². The SMILES string of the molecule is CCC(C)(O)CNC1CCNC1. The van der Waals surface area contributed by atoms with Gasteiger partial charge in [0.15, 0.2) is 0 Å². The average molecular weight is 172 g/mol. The molecule has 1 rings (SSSR count). The van der Waals surface area contributed by atoms with E-state index in [1.807, 2.05) is 13.8 Å². The van der Waals surface area contributed by atoms with Gasteiger partial charge in [0.25, 0.3) is 0 Å². The third-order valence-corrected chi connectivity index (χ3v) is 2.59. The molecule has 0 radical (unpaired) electrons. The van der Waals surface area contributed by atoms with Gasteiger partial charge in [0.1, 0.15) is 0 Å². The average Bonchev–Trinajstić information content (AvgIpc) is 2.53. The van der Waals surface area contributed by atoms with Gasteiger partial charge in [0, 0.05) is 19.1 Å². The summed E-state index contributed by atoms with van der Waals surface area (Å²) in [6.45, 7) is 6.73. The Morgan fingerprint density at radius 3 is 2.92 bits per heavy atom. The van der Waals surface area contributed by atoms with Crippen molar-refractivity contribution in [2.24, 2.45) is 0 Å². The van der Waals surface area contributed by atoms with Crippen LogP contribution in [0.2, 0.25) is 0 Å². The molecule has 72 valence electrons. The first-order chi connectivity index (χ1) is 5.64. The van der Waals surface area contributed by atoms with E-state index in [9.17, 15) is 5.11 Å². The lowest BCUT2D eigenvalue weighted by Crippen LogP contribution is -2.42. The van der Waals surface area contributed by atoms with Crippen molar-refractivity contribution >= 4 is 0 Å². The number of aliphatic hydroxyl groups is 1. The number of hydrogen-bond donors (Lipinski definition) is 3. The van der Waals surface area contributed by atoms with Gasteiger partial charge in [-0.25, -0.2) is 0 Å². The summed E-state index contributed by atoms with van der Waals surface area (Å²) in [6.07, 6.45) is 1.99. The molecule has 3 heteroatoms. The summed E-state index contributed by atoms with van der Waals surface area (Å²) in [5, 5.41) is 16.3. The summed E-state index contributed by atoms with van der Waals surface area (Å²) < 4.78 is 0. The first-order valence-electron chi connectivity index (χ1n) is 4.80. The Balaban J connectivity index is 2.15. The zero-order valence-electron chi connectivity index (χ0n) is 8.06. The molecule has 0 saturated carbocycles. The second-order valence-electron chi connectivity index (χ2n) is 3.92. The third kappa shape index (κ3) is 3.09. The van der Waals surface area contributed by atoms with Crippen LogP contribution in [0.3, 0.4) is 0 Å². The molecular formula is C9H20N2O. The molecule has 2 atom stereocenters. The predicted molar refractivity (Wildman–Crippen MR) is 50.2 cm³/mol. The lowest BCUT2D eigenvalue weighted by Gasteiger charge is -2.23. The van der Waals surface area contributed by atoms with E-state index < -0.39 is 5.60 Å². The Bertz CT molecular complexity index is 130. The standard InChI is InChI=1S/C9H20N2O/c1-3-9(2,12)7-11-8-4-5-10-6-8/h8,10-12H,3-7H2,1-2H3. The van der Waals surface area contributed by atoms with E-state index in [0.717, 1.165) is 19.5 Å². The van der Waals surface area contributed by atoms with E-state index in [1.165, 1.54) is 6.42 Å². The molecule has 0 aromatic carbocycles. The van der Waals surface area contributed by atoms with Crippen LogP contribution in [0.1, 0.15) is 26.7 Å². The van der Waals surface area contributed by atoms with Gasteiger partial charge in [-0.2, -0.15) is 0 Å². The van der Waals surface area contributed by atoms with Crippen LogP contribution in [-0.4, -0.2) is 36.4 Å². The van der Waals surface area contributed by atoms with E-state index in [4.69, 9.17) is 0 Å². The quantitative estimate of drug-likeness (QED) is 0.563. The minimum absolute atomic E-state index is 0.539. The highest BCUT2D eigenvalue weighted by Crippen LogP contribution is 2.07. The molecule has 0 aromatic rings. The van der Waals surface area contributed by atoms with Gasteiger partial charge in [-0.05, 0) is 26.3 Å². The lowest BCUT2D eigenvalue weighted by molar-refractivity contribution is 0.0534. The van der Waals surface area contributed by atoms with E-state index in [0.29, 0.717) is 12.6 Å². The molecular weight excluding hydrogens is 152 g/mol. The summed E-state index contributed by atoms with van der Waals surface area (Å²) in [5.41, 5.74) is -0.539. The molecule has 0 amide bonds. The Kier molecular flexibility index (Phi) is 3.50. The van der Waals surface area contributed by atoms with Gasteiger partial charge in [-0.3, -0.25) is 0 Å². The van der Waals surface area contributed by atoms with Gasteiger partial charge < -0.3 is 15.7 Å². The molecule has 0 spiro atoms. The van der Waals surface area contributed by atoms with Crippen molar-refractivity contribution in [3.05, 3.63) is 0 Å². The Morgan fingerprint density at radius 2 is 2.42 bits per heavy atom. The van der Waals surface area contributed by atoms with E-state index in [1.54, 1.807) is 0 Å². The molecule has 1 fully saturated rings. The van der Waals surface area contributed by atoms with Crippen LogP contribution in [0, 0.1) is 0 Å². The molecule has 0 aliphatic carbocycles. The lowest BCUT2D eigenvalue weighted by atomic mass is 10.0. The zero-order valence-corrected chi connectivity index (χ0v) is 8.06. The zero-order chi connectivity index (χ0) is 9.03. The van der Waals surface area contributed by atoms with Crippen LogP contribution in [0.15, 0.2) is 0 Å². The molecule has 3 N–H and O–H groups in total. The van der Waals surface area contributed by atoms with Crippen LogP contribution in [0.5, 0.6) is 0 Å². The second kappa shape index (κ2) is 4.21. The number of rotatable bonds is 4. The van der Waals surface area contributed by atoms with E-state index in [-0.39, 0.29) is 0 Å². The topological polar surface area (TPSA) is 44.3 Å². The van der Waals surface area contributed by atoms with E-state index in [2.05, 4.69) is 10.6 Å². The molecule has 1 saturated heterocycles. The maximum absolute atomic E-state index is 9.70. The summed E-state index contributed by atoms with van der Waals surface area (Å²) in [6, 6.07) is 0.558. The Hall–Kier alpha value is -0.120. The van der Waals surface area contributed by atoms with Gasteiger partial charge in [-0.15, -0.1) is 0 Å². The van der Waals surface area contributed by atoms with Crippen molar-refractivity contribution in [2.45, 2.75) is 38.3 Å². The van der Waals surface area contributed by atoms with Crippen LogP contribution < -0.4 is 10.6 Å². The largest absolute Gasteiger partial charge is 0.389 e. The molecule has 0 bridgehead atoms. The highest BCUT2D eigenvalue weighted by molar-refractivity contribution is 4.81. The Labute approximate surface area is 74.5 Å². The first kappa shape index (κ1) is 9.96. The van der Waals surface area contributed by atoms with Gasteiger partial charge >= 0.3 is 0 Å². The third-order valence-electron chi connectivity index (χ3n) is 2.59. The van der Waals surface area contributed by atoms with Crippen molar-refractivity contribution in [2.75, 3.05) is 19.6 Å². The van der Waals surface area contributed by atoms with E-state index >= 15 is 0 Å². The molecule has 2 unspecified atom stereocenters. The fraction of sp³-hybridized carbons (Fsp3) is 1.00. The molecule has 3 nitrogen and oxygen atoms in total. The van der Waals surface area contributed by atoms with Crippen molar-refractivity contribution in [1.29, 1.82) is 0 Å². The second-order valence-corrected chi connectivity index (χ2v) is 3.92. The van der Waals surface area contributed by atoms with Crippen molar-refractivity contribution < 1.29 is 5.11 Å². The molecule has 0 aromatic heterocycles. The highest BCUT2D eigenvalue weighted by Gasteiger charge is 2.20. The minimum atomic E-state index is -0.539. The summed E-state index contributed by atoms with van der Waals surface area (Å²) in [4.78, 5) is 0. The summed E-state index contributed by atoms with van der Waals surface area (Å²) in [7, 11) is 0.